The number of benzene rings is 1. The first kappa shape index (κ1) is 15.0. The molecule has 0 atom stereocenters. The van der Waals surface area contributed by atoms with Crippen molar-refractivity contribution < 1.29 is 9.84 Å². The van der Waals surface area contributed by atoms with Crippen LogP contribution < -0.4 is 5.32 Å². The van der Waals surface area contributed by atoms with Crippen molar-refractivity contribution in [2.24, 2.45) is 0 Å². The summed E-state index contributed by atoms with van der Waals surface area (Å²) in [7, 11) is 0. The van der Waals surface area contributed by atoms with Gasteiger partial charge in [-0.15, -0.1) is 0 Å². The molecule has 0 bridgehead atoms. The van der Waals surface area contributed by atoms with E-state index in [0.29, 0.717) is 8.95 Å². The summed E-state index contributed by atoms with van der Waals surface area (Å²) in [5.41, 5.74) is 1.12. The zero-order valence-corrected chi connectivity index (χ0v) is 13.0. The van der Waals surface area contributed by atoms with E-state index in [4.69, 9.17) is 4.74 Å². The summed E-state index contributed by atoms with van der Waals surface area (Å²) in [6.45, 7) is 5.28. The number of halogens is 2. The predicted octanol–water partition coefficient (Wildman–Crippen LogP) is 3.43. The zero-order valence-electron chi connectivity index (χ0n) is 9.80. The van der Waals surface area contributed by atoms with Crippen LogP contribution in [0, 0.1) is 0 Å². The molecule has 17 heavy (non-hydrogen) atoms. The molecule has 3 nitrogen and oxygen atoms in total. The lowest BCUT2D eigenvalue weighted by molar-refractivity contribution is 0.144. The van der Waals surface area contributed by atoms with Gasteiger partial charge in [0.25, 0.3) is 0 Å². The quantitative estimate of drug-likeness (QED) is 0.726. The summed E-state index contributed by atoms with van der Waals surface area (Å²) in [6.07, 6.45) is 1.01. The van der Waals surface area contributed by atoms with Gasteiger partial charge in [-0.25, -0.2) is 0 Å². The highest BCUT2D eigenvalue weighted by Crippen LogP contribution is 2.33. The van der Waals surface area contributed by atoms with Gasteiger partial charge in [0.05, 0.1) is 8.95 Å². The van der Waals surface area contributed by atoms with Gasteiger partial charge in [-0.3, -0.25) is 0 Å². The summed E-state index contributed by atoms with van der Waals surface area (Å²) >= 11 is 6.62. The second kappa shape index (κ2) is 8.08. The van der Waals surface area contributed by atoms with Gasteiger partial charge in [-0.1, -0.05) is 0 Å². The lowest BCUT2D eigenvalue weighted by Gasteiger charge is -2.08. The van der Waals surface area contributed by atoms with Gasteiger partial charge < -0.3 is 15.2 Å². The molecule has 1 rings (SSSR count). The van der Waals surface area contributed by atoms with Crippen LogP contribution >= 0.6 is 31.9 Å². The summed E-state index contributed by atoms with van der Waals surface area (Å²) in [6, 6.07) is 3.82. The fraction of sp³-hybridized carbons (Fsp3) is 0.500. The SMILES string of the molecule is CCOCCCNCc1cc(Br)c(O)c(Br)c1. The molecular formula is C12H17Br2NO2. The summed E-state index contributed by atoms with van der Waals surface area (Å²) in [5, 5.41) is 12.9. The van der Waals surface area contributed by atoms with E-state index in [0.717, 1.165) is 38.3 Å². The highest BCUT2D eigenvalue weighted by atomic mass is 79.9. The second-order valence-electron chi connectivity index (χ2n) is 3.64. The molecule has 1 aromatic rings. The molecule has 0 saturated heterocycles. The van der Waals surface area contributed by atoms with Crippen molar-refractivity contribution in [1.82, 2.24) is 5.32 Å². The van der Waals surface area contributed by atoms with E-state index in [1.165, 1.54) is 0 Å². The maximum absolute atomic E-state index is 9.57. The number of phenols is 1. The molecule has 0 aliphatic heterocycles. The number of phenolic OH excluding ortho intramolecular Hbond substituents is 1. The number of rotatable bonds is 7. The Kier molecular flexibility index (Phi) is 7.11. The van der Waals surface area contributed by atoms with Crippen LogP contribution in [0.25, 0.3) is 0 Å². The number of aromatic hydroxyl groups is 1. The third kappa shape index (κ3) is 5.38. The smallest absolute Gasteiger partial charge is 0.143 e. The van der Waals surface area contributed by atoms with Gasteiger partial charge in [0, 0.05) is 19.8 Å². The molecule has 96 valence electrons. The molecule has 0 amide bonds. The highest BCUT2D eigenvalue weighted by Gasteiger charge is 2.05. The lowest BCUT2D eigenvalue weighted by Crippen LogP contribution is -2.16. The van der Waals surface area contributed by atoms with Gasteiger partial charge in [0.2, 0.25) is 0 Å². The largest absolute Gasteiger partial charge is 0.506 e. The Labute approximate surface area is 119 Å². The number of hydrogen-bond acceptors (Lipinski definition) is 3. The van der Waals surface area contributed by atoms with E-state index in [1.807, 2.05) is 19.1 Å². The van der Waals surface area contributed by atoms with E-state index in [-0.39, 0.29) is 5.75 Å². The molecule has 5 heteroatoms. The predicted molar refractivity (Wildman–Crippen MR) is 76.3 cm³/mol. The van der Waals surface area contributed by atoms with Crippen LogP contribution in [0.1, 0.15) is 18.9 Å². The molecule has 0 radical (unpaired) electrons. The normalized spacial score (nSPS) is 10.8. The fourth-order valence-corrected chi connectivity index (χ4v) is 2.68. The molecule has 0 aromatic heterocycles. The molecule has 0 fully saturated rings. The summed E-state index contributed by atoms with van der Waals surface area (Å²) < 4.78 is 6.66. The molecule has 2 N–H and O–H groups in total. The topological polar surface area (TPSA) is 41.5 Å². The molecule has 0 aliphatic carbocycles. The summed E-state index contributed by atoms with van der Waals surface area (Å²) in [4.78, 5) is 0. The highest BCUT2D eigenvalue weighted by molar-refractivity contribution is 9.11. The Morgan fingerprint density at radius 1 is 1.29 bits per heavy atom. The van der Waals surface area contributed by atoms with E-state index < -0.39 is 0 Å². The fourth-order valence-electron chi connectivity index (χ4n) is 1.40. The Balaban J connectivity index is 2.32. The molecular weight excluding hydrogens is 350 g/mol. The van der Waals surface area contributed by atoms with Gasteiger partial charge in [-0.2, -0.15) is 0 Å². The van der Waals surface area contributed by atoms with Gasteiger partial charge in [0.1, 0.15) is 5.75 Å². The van der Waals surface area contributed by atoms with Crippen molar-refractivity contribution in [3.8, 4) is 5.75 Å². The van der Waals surface area contributed by atoms with E-state index in [1.54, 1.807) is 0 Å². The van der Waals surface area contributed by atoms with Crippen molar-refractivity contribution in [3.63, 3.8) is 0 Å². The Morgan fingerprint density at radius 3 is 2.53 bits per heavy atom. The van der Waals surface area contributed by atoms with Crippen molar-refractivity contribution in [2.75, 3.05) is 19.8 Å². The Bertz CT molecular complexity index is 335. The molecule has 0 saturated carbocycles. The standard InChI is InChI=1S/C12H17Br2NO2/c1-2-17-5-3-4-15-8-9-6-10(13)12(16)11(14)7-9/h6-7,15-16H,2-5,8H2,1H3. The first-order valence-electron chi connectivity index (χ1n) is 5.60. The van der Waals surface area contributed by atoms with Crippen molar-refractivity contribution in [2.45, 2.75) is 19.9 Å². The molecule has 0 heterocycles. The number of ether oxygens (including phenoxy) is 1. The van der Waals surface area contributed by atoms with Crippen LogP contribution in [-0.4, -0.2) is 24.9 Å². The summed E-state index contributed by atoms with van der Waals surface area (Å²) in [5.74, 6) is 0.241. The van der Waals surface area contributed by atoms with Crippen molar-refractivity contribution in [3.05, 3.63) is 26.6 Å². The average molecular weight is 367 g/mol. The van der Waals surface area contributed by atoms with Gasteiger partial charge >= 0.3 is 0 Å². The molecule has 0 unspecified atom stereocenters. The van der Waals surface area contributed by atoms with Crippen LogP contribution in [0.5, 0.6) is 5.75 Å². The minimum absolute atomic E-state index is 0.241. The molecule has 1 aromatic carbocycles. The lowest BCUT2D eigenvalue weighted by atomic mass is 10.2. The van der Waals surface area contributed by atoms with E-state index >= 15 is 0 Å². The third-order valence-electron chi connectivity index (χ3n) is 2.25. The Morgan fingerprint density at radius 2 is 1.94 bits per heavy atom. The van der Waals surface area contributed by atoms with E-state index in [9.17, 15) is 5.11 Å². The zero-order chi connectivity index (χ0) is 12.7. The number of hydrogen-bond donors (Lipinski definition) is 2. The van der Waals surface area contributed by atoms with Crippen molar-refractivity contribution >= 4 is 31.9 Å². The first-order chi connectivity index (χ1) is 8.15. The minimum Gasteiger partial charge on any atom is -0.506 e. The first-order valence-corrected chi connectivity index (χ1v) is 7.19. The van der Waals surface area contributed by atoms with Gasteiger partial charge in [0.15, 0.2) is 0 Å². The maximum Gasteiger partial charge on any atom is 0.143 e. The van der Waals surface area contributed by atoms with E-state index in [2.05, 4.69) is 37.2 Å². The van der Waals surface area contributed by atoms with Crippen LogP contribution in [0.3, 0.4) is 0 Å². The van der Waals surface area contributed by atoms with Crippen LogP contribution in [-0.2, 0) is 11.3 Å². The third-order valence-corrected chi connectivity index (χ3v) is 3.46. The van der Waals surface area contributed by atoms with Crippen LogP contribution in [0.2, 0.25) is 0 Å². The molecule has 0 spiro atoms. The van der Waals surface area contributed by atoms with Crippen LogP contribution in [0.4, 0.5) is 0 Å². The number of nitrogens with one attached hydrogen (secondary N) is 1. The Hall–Kier alpha value is -0.100. The minimum atomic E-state index is 0.241. The second-order valence-corrected chi connectivity index (χ2v) is 5.34. The maximum atomic E-state index is 9.57. The monoisotopic (exact) mass is 365 g/mol. The van der Waals surface area contributed by atoms with Crippen molar-refractivity contribution in [1.29, 1.82) is 0 Å². The van der Waals surface area contributed by atoms with Gasteiger partial charge in [-0.05, 0) is 69.4 Å². The molecule has 0 aliphatic rings. The van der Waals surface area contributed by atoms with Crippen LogP contribution in [0.15, 0.2) is 21.1 Å². The average Bonchev–Trinajstić information content (AvgIpc) is 2.30.